The molecule has 0 aromatic carbocycles. The number of carboxylic acid groups (broad SMARTS) is 1. The van der Waals surface area contributed by atoms with Gasteiger partial charge < -0.3 is 14.7 Å². The number of anilines is 1. The summed E-state index contributed by atoms with van der Waals surface area (Å²) < 4.78 is 5.02. The second kappa shape index (κ2) is 7.02. The normalized spacial score (nSPS) is 12.3. The Balaban J connectivity index is 2.16. The van der Waals surface area contributed by atoms with E-state index in [4.69, 9.17) is 4.74 Å². The molecule has 0 aliphatic rings. The Labute approximate surface area is 131 Å². The molecule has 0 aliphatic carbocycles. The van der Waals surface area contributed by atoms with E-state index < -0.39 is 5.97 Å². The summed E-state index contributed by atoms with van der Waals surface area (Å²) in [4.78, 5) is 19.3. The Morgan fingerprint density at radius 1 is 1.57 bits per heavy atom. The first kappa shape index (κ1) is 15.9. The third kappa shape index (κ3) is 3.81. The number of ether oxygens (including phenoxy) is 1. The number of thiazole rings is 1. The van der Waals surface area contributed by atoms with Gasteiger partial charge in [-0.15, -0.1) is 11.3 Å². The van der Waals surface area contributed by atoms with E-state index in [-0.39, 0.29) is 17.5 Å². The van der Waals surface area contributed by atoms with Crippen molar-refractivity contribution >= 4 is 33.8 Å². The molecular weight excluding hydrogens is 308 g/mol. The van der Waals surface area contributed by atoms with Gasteiger partial charge in [0.1, 0.15) is 4.88 Å². The van der Waals surface area contributed by atoms with Crippen molar-refractivity contribution in [3.05, 3.63) is 33.0 Å². The number of likely N-dealkylation sites (N-methyl/N-ethyl adjacent to an activating group) is 1. The van der Waals surface area contributed by atoms with E-state index in [2.05, 4.69) is 23.4 Å². The molecule has 0 saturated heterocycles. The van der Waals surface area contributed by atoms with Crippen molar-refractivity contribution < 1.29 is 14.6 Å². The zero-order valence-electron chi connectivity index (χ0n) is 12.2. The molecule has 0 radical (unpaired) electrons. The highest BCUT2D eigenvalue weighted by molar-refractivity contribution is 7.17. The first-order valence-corrected chi connectivity index (χ1v) is 8.19. The zero-order valence-corrected chi connectivity index (χ0v) is 13.8. The zero-order chi connectivity index (χ0) is 15.4. The number of nitrogens with zero attached hydrogens (tertiary/aromatic N) is 2. The molecule has 5 nitrogen and oxygen atoms in total. The standard InChI is InChI=1S/C14H18N2O3S2/c1-9(7-10-5-4-6-20-10)16(2)14-15-11(8-19-3)12(21-14)13(17)18/h4-6,9H,7-8H2,1-3H3,(H,17,18). The Kier molecular flexibility index (Phi) is 5.33. The highest BCUT2D eigenvalue weighted by Gasteiger charge is 2.21. The van der Waals surface area contributed by atoms with Crippen LogP contribution in [0.15, 0.2) is 17.5 Å². The van der Waals surface area contributed by atoms with Crippen molar-refractivity contribution in [1.82, 2.24) is 4.98 Å². The minimum absolute atomic E-state index is 0.214. The van der Waals surface area contributed by atoms with Crippen molar-refractivity contribution in [2.24, 2.45) is 0 Å². The van der Waals surface area contributed by atoms with E-state index >= 15 is 0 Å². The predicted molar refractivity (Wildman–Crippen MR) is 85.7 cm³/mol. The number of thiophene rings is 1. The highest BCUT2D eigenvalue weighted by Crippen LogP contribution is 2.28. The molecule has 1 unspecified atom stereocenters. The maximum absolute atomic E-state index is 11.3. The maximum atomic E-state index is 11.3. The number of methoxy groups -OCH3 is 1. The van der Waals surface area contributed by atoms with Crippen molar-refractivity contribution in [1.29, 1.82) is 0 Å². The first-order chi connectivity index (χ1) is 10.0. The number of carboxylic acids is 1. The van der Waals surface area contributed by atoms with Gasteiger partial charge in [0.05, 0.1) is 12.3 Å². The number of hydrogen-bond acceptors (Lipinski definition) is 6. The minimum atomic E-state index is -0.954. The molecule has 2 heterocycles. The Morgan fingerprint density at radius 3 is 2.90 bits per heavy atom. The lowest BCUT2D eigenvalue weighted by molar-refractivity contribution is 0.0697. The van der Waals surface area contributed by atoms with Crippen LogP contribution in [0.3, 0.4) is 0 Å². The van der Waals surface area contributed by atoms with Gasteiger partial charge in [-0.2, -0.15) is 0 Å². The topological polar surface area (TPSA) is 62.7 Å². The van der Waals surface area contributed by atoms with Gasteiger partial charge in [0.2, 0.25) is 0 Å². The van der Waals surface area contributed by atoms with Gasteiger partial charge in [0, 0.05) is 31.5 Å². The maximum Gasteiger partial charge on any atom is 0.347 e. The van der Waals surface area contributed by atoms with E-state index in [1.807, 2.05) is 18.0 Å². The summed E-state index contributed by atoms with van der Waals surface area (Å²) in [6.45, 7) is 2.32. The van der Waals surface area contributed by atoms with Crippen LogP contribution in [0.2, 0.25) is 0 Å². The quantitative estimate of drug-likeness (QED) is 0.847. The molecule has 7 heteroatoms. The molecule has 0 aliphatic heterocycles. The third-order valence-electron chi connectivity index (χ3n) is 3.20. The monoisotopic (exact) mass is 326 g/mol. The Hall–Kier alpha value is -1.44. The summed E-state index contributed by atoms with van der Waals surface area (Å²) in [5.41, 5.74) is 0.486. The van der Waals surface area contributed by atoms with Crippen LogP contribution in [0.4, 0.5) is 5.13 Å². The number of rotatable bonds is 7. The molecule has 0 bridgehead atoms. The van der Waals surface area contributed by atoms with Gasteiger partial charge >= 0.3 is 5.97 Å². The van der Waals surface area contributed by atoms with E-state index in [1.165, 1.54) is 23.3 Å². The van der Waals surface area contributed by atoms with Gasteiger partial charge in [0.25, 0.3) is 0 Å². The molecule has 21 heavy (non-hydrogen) atoms. The lowest BCUT2D eigenvalue weighted by Crippen LogP contribution is -2.30. The average Bonchev–Trinajstić information content (AvgIpc) is 3.07. The van der Waals surface area contributed by atoms with Gasteiger partial charge in [0.15, 0.2) is 5.13 Å². The van der Waals surface area contributed by atoms with E-state index in [1.54, 1.807) is 11.3 Å². The number of carbonyl (C=O) groups is 1. The van der Waals surface area contributed by atoms with Crippen LogP contribution >= 0.6 is 22.7 Å². The van der Waals surface area contributed by atoms with Crippen molar-refractivity contribution in [3.8, 4) is 0 Å². The van der Waals surface area contributed by atoms with E-state index in [0.717, 1.165) is 6.42 Å². The highest BCUT2D eigenvalue weighted by atomic mass is 32.1. The fraction of sp³-hybridized carbons (Fsp3) is 0.429. The molecular formula is C14H18N2O3S2. The second-order valence-corrected chi connectivity index (χ2v) is 6.76. The van der Waals surface area contributed by atoms with Crippen molar-refractivity contribution in [3.63, 3.8) is 0 Å². The van der Waals surface area contributed by atoms with Crippen LogP contribution in [0.5, 0.6) is 0 Å². The molecule has 0 spiro atoms. The molecule has 2 aromatic heterocycles. The third-order valence-corrected chi connectivity index (χ3v) is 5.28. The Morgan fingerprint density at radius 2 is 2.33 bits per heavy atom. The van der Waals surface area contributed by atoms with Gasteiger partial charge in [-0.25, -0.2) is 9.78 Å². The first-order valence-electron chi connectivity index (χ1n) is 6.50. The summed E-state index contributed by atoms with van der Waals surface area (Å²) in [7, 11) is 3.48. The summed E-state index contributed by atoms with van der Waals surface area (Å²) in [6.07, 6.45) is 0.912. The molecule has 2 rings (SSSR count). The van der Waals surface area contributed by atoms with E-state index in [9.17, 15) is 9.90 Å². The molecule has 0 fully saturated rings. The largest absolute Gasteiger partial charge is 0.477 e. The fourth-order valence-electron chi connectivity index (χ4n) is 1.94. The lowest BCUT2D eigenvalue weighted by atomic mass is 10.2. The molecule has 1 atom stereocenters. The van der Waals surface area contributed by atoms with Gasteiger partial charge in [-0.1, -0.05) is 17.4 Å². The minimum Gasteiger partial charge on any atom is -0.477 e. The predicted octanol–water partition coefficient (Wildman–Crippen LogP) is 3.12. The second-order valence-electron chi connectivity index (χ2n) is 4.75. The number of aromatic nitrogens is 1. The summed E-state index contributed by atoms with van der Waals surface area (Å²) in [5.74, 6) is -0.954. The van der Waals surface area contributed by atoms with Gasteiger partial charge in [-0.3, -0.25) is 0 Å². The fourth-order valence-corrected chi connectivity index (χ4v) is 3.74. The van der Waals surface area contributed by atoms with Crippen LogP contribution < -0.4 is 4.90 Å². The van der Waals surface area contributed by atoms with Crippen molar-refractivity contribution in [2.45, 2.75) is 26.0 Å². The molecule has 1 N–H and O–H groups in total. The smallest absolute Gasteiger partial charge is 0.347 e. The SMILES string of the molecule is COCc1nc(N(C)C(C)Cc2cccs2)sc1C(=O)O. The van der Waals surface area contributed by atoms with Crippen LogP contribution in [-0.2, 0) is 17.8 Å². The van der Waals surface area contributed by atoms with Crippen LogP contribution in [0.1, 0.15) is 27.2 Å². The Bertz CT molecular complexity index is 595. The molecule has 0 saturated carbocycles. The number of aromatic carboxylic acids is 1. The van der Waals surface area contributed by atoms with Gasteiger partial charge in [-0.05, 0) is 18.4 Å². The molecule has 0 amide bonds. The van der Waals surface area contributed by atoms with Crippen molar-refractivity contribution in [2.75, 3.05) is 19.1 Å². The van der Waals surface area contributed by atoms with Crippen LogP contribution in [0.25, 0.3) is 0 Å². The molecule has 2 aromatic rings. The van der Waals surface area contributed by atoms with Crippen LogP contribution in [-0.4, -0.2) is 36.3 Å². The van der Waals surface area contributed by atoms with E-state index in [0.29, 0.717) is 10.8 Å². The molecule has 114 valence electrons. The summed E-state index contributed by atoms with van der Waals surface area (Å²) in [6, 6.07) is 4.39. The number of hydrogen-bond donors (Lipinski definition) is 1. The summed E-state index contributed by atoms with van der Waals surface area (Å²) >= 11 is 2.92. The van der Waals surface area contributed by atoms with Crippen LogP contribution in [0, 0.1) is 0 Å². The summed E-state index contributed by atoms with van der Waals surface area (Å²) in [5, 5.41) is 12.0. The lowest BCUT2D eigenvalue weighted by Gasteiger charge is -2.23. The average molecular weight is 326 g/mol.